The summed E-state index contributed by atoms with van der Waals surface area (Å²) in [6, 6.07) is 22.8. The molecule has 0 aliphatic heterocycles. The molecule has 0 aliphatic rings. The summed E-state index contributed by atoms with van der Waals surface area (Å²) in [5.74, 6) is -2.06. The average molecular weight is 624 g/mol. The lowest BCUT2D eigenvalue weighted by Crippen LogP contribution is -2.27. The molecular weight excluding hydrogens is 590 g/mol. The zero-order chi connectivity index (χ0) is 32.4. The Hall–Kier alpha value is -4.70. The normalized spacial score (nSPS) is 11.5. The van der Waals surface area contributed by atoms with Gasteiger partial charge in [-0.25, -0.2) is 9.18 Å². The second kappa shape index (κ2) is 15.3. The Kier molecular flexibility index (Phi) is 11.3. The van der Waals surface area contributed by atoms with Crippen LogP contribution < -0.4 is 4.74 Å². The molecule has 0 saturated carbocycles. The van der Waals surface area contributed by atoms with Crippen molar-refractivity contribution in [2.45, 2.75) is 45.0 Å². The summed E-state index contributed by atoms with van der Waals surface area (Å²) in [5, 5.41) is 18.2. The summed E-state index contributed by atoms with van der Waals surface area (Å²) in [6.07, 6.45) is -3.12. The van der Waals surface area contributed by atoms with Crippen LogP contribution in [0.1, 0.15) is 51.9 Å². The largest absolute Gasteiger partial charge is 0.489 e. The van der Waals surface area contributed by atoms with E-state index in [0.29, 0.717) is 61.3 Å². The van der Waals surface area contributed by atoms with Gasteiger partial charge in [0.2, 0.25) is 0 Å². The second-order valence-corrected chi connectivity index (χ2v) is 10.7. The molecule has 0 unspecified atom stereocenters. The van der Waals surface area contributed by atoms with Crippen molar-refractivity contribution >= 4 is 11.9 Å². The van der Waals surface area contributed by atoms with Crippen LogP contribution in [0.5, 0.6) is 5.75 Å². The topological polar surface area (TPSA) is 87.1 Å². The molecule has 0 amide bonds. The van der Waals surface area contributed by atoms with E-state index < -0.39 is 29.5 Å². The summed E-state index contributed by atoms with van der Waals surface area (Å²) in [6.45, 7) is 1.28. The lowest BCUT2D eigenvalue weighted by atomic mass is 9.97. The van der Waals surface area contributed by atoms with Gasteiger partial charge in [0.05, 0.1) is 11.1 Å². The summed E-state index contributed by atoms with van der Waals surface area (Å²) in [5.41, 5.74) is 1.59. The SMILES string of the molecule is O=C(O)CCCCN(CCc1cc(F)ccc1OCc1ccc(-c2ccccc2)c(C(F)(F)F)c1)Cc1ccc(C(=O)O)cc1. The van der Waals surface area contributed by atoms with Crippen LogP contribution in [0.2, 0.25) is 0 Å². The van der Waals surface area contributed by atoms with Gasteiger partial charge in [-0.05, 0) is 90.0 Å². The van der Waals surface area contributed by atoms with Crippen LogP contribution in [-0.2, 0) is 30.5 Å². The van der Waals surface area contributed by atoms with Gasteiger partial charge in [0, 0.05) is 19.5 Å². The van der Waals surface area contributed by atoms with Crippen LogP contribution in [0, 0.1) is 5.82 Å². The second-order valence-electron chi connectivity index (χ2n) is 10.7. The number of halogens is 4. The first kappa shape index (κ1) is 33.2. The van der Waals surface area contributed by atoms with Crippen LogP contribution in [0.15, 0.2) is 91.0 Å². The zero-order valence-corrected chi connectivity index (χ0v) is 24.4. The summed E-state index contributed by atoms with van der Waals surface area (Å²) in [4.78, 5) is 24.2. The maximum Gasteiger partial charge on any atom is 0.417 e. The number of hydrogen-bond acceptors (Lipinski definition) is 4. The standard InChI is InChI=1S/C35H33F4NO5/c36-29-14-16-32(45-23-25-11-15-30(26-6-2-1-3-7-26)31(20-25)35(37,38)39)28(21-29)17-19-40(18-5-4-8-33(41)42)22-24-9-12-27(13-10-24)34(43)44/h1-3,6-7,9-16,20-21H,4-5,8,17-19,22-23H2,(H,41,42)(H,43,44). The number of carboxylic acids is 2. The van der Waals surface area contributed by atoms with Crippen molar-refractivity contribution in [3.8, 4) is 16.9 Å². The third-order valence-corrected chi connectivity index (χ3v) is 7.31. The number of aliphatic carboxylic acids is 1. The van der Waals surface area contributed by atoms with Crippen molar-refractivity contribution in [1.29, 1.82) is 0 Å². The van der Waals surface area contributed by atoms with Gasteiger partial charge in [-0.15, -0.1) is 0 Å². The van der Waals surface area contributed by atoms with Gasteiger partial charge in [0.25, 0.3) is 0 Å². The van der Waals surface area contributed by atoms with Crippen molar-refractivity contribution in [3.63, 3.8) is 0 Å². The number of nitrogens with zero attached hydrogens (tertiary/aromatic N) is 1. The van der Waals surface area contributed by atoms with E-state index in [-0.39, 0.29) is 24.2 Å². The summed E-state index contributed by atoms with van der Waals surface area (Å²) >= 11 is 0. The Labute approximate surface area is 258 Å². The maximum absolute atomic E-state index is 14.3. The van der Waals surface area contributed by atoms with E-state index in [1.807, 2.05) is 0 Å². The van der Waals surface area contributed by atoms with Crippen molar-refractivity contribution in [2.24, 2.45) is 0 Å². The Balaban J connectivity index is 1.48. The third kappa shape index (κ3) is 9.90. The quantitative estimate of drug-likeness (QED) is 0.103. The molecule has 4 aromatic rings. The molecule has 6 nitrogen and oxygen atoms in total. The van der Waals surface area contributed by atoms with Crippen LogP contribution >= 0.6 is 0 Å². The zero-order valence-electron chi connectivity index (χ0n) is 24.4. The molecule has 0 atom stereocenters. The number of aromatic carboxylic acids is 1. The highest BCUT2D eigenvalue weighted by Crippen LogP contribution is 2.38. The van der Waals surface area contributed by atoms with Gasteiger partial charge in [-0.3, -0.25) is 9.69 Å². The number of carbonyl (C=O) groups is 2. The molecule has 45 heavy (non-hydrogen) atoms. The van der Waals surface area contributed by atoms with E-state index >= 15 is 0 Å². The molecule has 0 bridgehead atoms. The molecule has 236 valence electrons. The number of unbranched alkanes of at least 4 members (excludes halogenated alkanes) is 1. The molecule has 0 aliphatic carbocycles. The van der Waals surface area contributed by atoms with Gasteiger partial charge < -0.3 is 14.9 Å². The molecule has 10 heteroatoms. The monoisotopic (exact) mass is 623 g/mol. The van der Waals surface area contributed by atoms with E-state index in [9.17, 15) is 32.3 Å². The van der Waals surface area contributed by atoms with Crippen molar-refractivity contribution in [3.05, 3.63) is 125 Å². The van der Waals surface area contributed by atoms with E-state index in [1.165, 1.54) is 36.4 Å². The number of hydrogen-bond donors (Lipinski definition) is 2. The highest BCUT2D eigenvalue weighted by atomic mass is 19.4. The van der Waals surface area contributed by atoms with E-state index in [4.69, 9.17) is 9.84 Å². The van der Waals surface area contributed by atoms with Crippen LogP contribution in [0.25, 0.3) is 11.1 Å². The molecule has 4 aromatic carbocycles. The van der Waals surface area contributed by atoms with Gasteiger partial charge >= 0.3 is 18.1 Å². The number of alkyl halides is 3. The van der Waals surface area contributed by atoms with E-state index in [0.717, 1.165) is 11.6 Å². The molecule has 0 spiro atoms. The molecule has 0 saturated heterocycles. The minimum atomic E-state index is -4.58. The van der Waals surface area contributed by atoms with Crippen molar-refractivity contribution in [1.82, 2.24) is 4.90 Å². The maximum atomic E-state index is 14.3. The first-order valence-electron chi connectivity index (χ1n) is 14.4. The average Bonchev–Trinajstić information content (AvgIpc) is 3.01. The van der Waals surface area contributed by atoms with E-state index in [1.54, 1.807) is 48.5 Å². The van der Waals surface area contributed by atoms with Gasteiger partial charge in [0.1, 0.15) is 18.2 Å². The highest BCUT2D eigenvalue weighted by molar-refractivity contribution is 5.87. The van der Waals surface area contributed by atoms with Crippen LogP contribution in [0.3, 0.4) is 0 Å². The fourth-order valence-corrected chi connectivity index (χ4v) is 5.00. The molecule has 0 fully saturated rings. The number of ether oxygens (including phenoxy) is 1. The Morgan fingerprint density at radius 1 is 0.800 bits per heavy atom. The first-order valence-corrected chi connectivity index (χ1v) is 14.4. The van der Waals surface area contributed by atoms with Gasteiger partial charge in [-0.1, -0.05) is 54.6 Å². The number of rotatable bonds is 15. The van der Waals surface area contributed by atoms with Crippen molar-refractivity contribution < 1.29 is 42.1 Å². The number of benzene rings is 4. The van der Waals surface area contributed by atoms with Crippen molar-refractivity contribution in [2.75, 3.05) is 13.1 Å². The fourth-order valence-electron chi connectivity index (χ4n) is 5.00. The molecule has 0 aromatic heterocycles. The highest BCUT2D eigenvalue weighted by Gasteiger charge is 2.34. The Morgan fingerprint density at radius 3 is 2.18 bits per heavy atom. The van der Waals surface area contributed by atoms with E-state index in [2.05, 4.69) is 4.90 Å². The predicted molar refractivity (Wildman–Crippen MR) is 161 cm³/mol. The lowest BCUT2D eigenvalue weighted by molar-refractivity contribution is -0.138. The Bertz CT molecular complexity index is 1590. The van der Waals surface area contributed by atoms with Gasteiger partial charge in [0.15, 0.2) is 0 Å². The summed E-state index contributed by atoms with van der Waals surface area (Å²) < 4.78 is 62.2. The summed E-state index contributed by atoms with van der Waals surface area (Å²) in [7, 11) is 0. The smallest absolute Gasteiger partial charge is 0.417 e. The first-order chi connectivity index (χ1) is 21.5. The lowest BCUT2D eigenvalue weighted by Gasteiger charge is -2.23. The van der Waals surface area contributed by atoms with Crippen LogP contribution in [0.4, 0.5) is 17.6 Å². The Morgan fingerprint density at radius 2 is 1.51 bits per heavy atom. The predicted octanol–water partition coefficient (Wildman–Crippen LogP) is 8.09. The minimum absolute atomic E-state index is 0.0331. The fraction of sp³-hybridized carbons (Fsp3) is 0.257. The van der Waals surface area contributed by atoms with Crippen LogP contribution in [-0.4, -0.2) is 40.1 Å². The van der Waals surface area contributed by atoms with Gasteiger partial charge in [-0.2, -0.15) is 13.2 Å². The molecule has 4 rings (SSSR count). The third-order valence-electron chi connectivity index (χ3n) is 7.31. The minimum Gasteiger partial charge on any atom is -0.489 e. The molecular formula is C35H33F4NO5. The molecule has 0 radical (unpaired) electrons. The molecule has 2 N–H and O–H groups in total. The number of carboxylic acid groups (broad SMARTS) is 2. The molecule has 0 heterocycles.